The van der Waals surface area contributed by atoms with Crippen LogP contribution in [0.25, 0.3) is 0 Å². The van der Waals surface area contributed by atoms with Crippen LogP contribution in [0.1, 0.15) is 31.7 Å². The Morgan fingerprint density at radius 3 is 2.66 bits per heavy atom. The van der Waals surface area contributed by atoms with Gasteiger partial charge in [0.2, 0.25) is 5.91 Å². The Morgan fingerprint density at radius 2 is 2.03 bits per heavy atom. The van der Waals surface area contributed by atoms with E-state index in [1.165, 1.54) is 17.8 Å². The molecule has 0 bridgehead atoms. The fourth-order valence-electron chi connectivity index (χ4n) is 4.92. The summed E-state index contributed by atoms with van der Waals surface area (Å²) in [4.78, 5) is 33.8. The number of thioether (sulfide) groups is 1. The maximum atomic E-state index is 15.1. The second-order valence-electron chi connectivity index (χ2n) is 11.0. The van der Waals surface area contributed by atoms with E-state index in [1.807, 2.05) is 11.8 Å². The summed E-state index contributed by atoms with van der Waals surface area (Å²) >= 11 is 4.63. The zero-order valence-corrected chi connectivity index (χ0v) is 24.0. The molecule has 1 aromatic rings. The van der Waals surface area contributed by atoms with Crippen LogP contribution in [0, 0.1) is 11.7 Å². The van der Waals surface area contributed by atoms with E-state index in [0.717, 1.165) is 23.8 Å². The molecule has 3 atom stereocenters. The van der Waals surface area contributed by atoms with Crippen LogP contribution in [0.4, 0.5) is 9.18 Å². The summed E-state index contributed by atoms with van der Waals surface area (Å²) in [6.45, 7) is 10.2. The van der Waals surface area contributed by atoms with Gasteiger partial charge in [-0.05, 0) is 50.4 Å². The molecule has 1 N–H and O–H groups in total. The number of aliphatic imine (C=N–C) groups is 1. The van der Waals surface area contributed by atoms with Gasteiger partial charge in [-0.15, -0.1) is 0 Å². The Balaban J connectivity index is 1.69. The van der Waals surface area contributed by atoms with Crippen LogP contribution in [0.15, 0.2) is 27.7 Å². The van der Waals surface area contributed by atoms with Crippen molar-refractivity contribution in [3.63, 3.8) is 0 Å². The number of nitrogens with zero attached hydrogens (tertiary/aromatic N) is 3. The standard InChI is InChI=1S/C24H33BrFN3O4SSi/c1-23(17-13-16(25)7-8-18(17)26)19-14-24(19,20(30)28-9-5-6-10-28)34-21(27-23)29(22(31)32)15-33-11-12-35(2,3)4/h7-8,13,19H,5-6,9-12,14-15H2,1-4H3,(H,31,32)/t19-,23+,24-/m0/s1. The first-order chi connectivity index (χ1) is 16.4. The average molecular weight is 587 g/mol. The highest BCUT2D eigenvalue weighted by molar-refractivity contribution is 9.10. The molecule has 35 heavy (non-hydrogen) atoms. The molecule has 3 aliphatic rings. The number of carbonyl (C=O) groups excluding carboxylic acids is 1. The molecule has 1 aromatic carbocycles. The number of fused-ring (bicyclic) bond motifs is 1. The minimum absolute atomic E-state index is 0.00372. The topological polar surface area (TPSA) is 82.4 Å². The number of rotatable bonds is 7. The predicted octanol–water partition coefficient (Wildman–Crippen LogP) is 5.58. The SMILES string of the molecule is C[C@]1(c2cc(Br)ccc2F)N=C(N(COCC[Si](C)(C)C)C(=O)O)S[C@@]2(C(=O)N3CCCC3)C[C@H]21. The van der Waals surface area contributed by atoms with Gasteiger partial charge in [-0.1, -0.05) is 47.3 Å². The lowest BCUT2D eigenvalue weighted by atomic mass is 9.85. The van der Waals surface area contributed by atoms with Gasteiger partial charge in [-0.25, -0.2) is 14.1 Å². The normalized spacial score (nSPS) is 27.9. The van der Waals surface area contributed by atoms with Gasteiger partial charge in [0.25, 0.3) is 0 Å². The van der Waals surface area contributed by atoms with Gasteiger partial charge in [0, 0.05) is 43.7 Å². The van der Waals surface area contributed by atoms with E-state index in [1.54, 1.807) is 12.1 Å². The smallest absolute Gasteiger partial charge is 0.415 e. The van der Waals surface area contributed by atoms with Crippen molar-refractivity contribution in [3.8, 4) is 0 Å². The Kier molecular flexibility index (Phi) is 7.45. The zero-order chi connectivity index (χ0) is 25.6. The highest BCUT2D eigenvalue weighted by Crippen LogP contribution is 2.67. The molecule has 0 radical (unpaired) electrons. The zero-order valence-electron chi connectivity index (χ0n) is 20.6. The number of amides is 2. The van der Waals surface area contributed by atoms with Gasteiger partial charge in [-0.3, -0.25) is 9.79 Å². The summed E-state index contributed by atoms with van der Waals surface area (Å²) in [6, 6.07) is 5.59. The van der Waals surface area contributed by atoms with Crippen molar-refractivity contribution >= 4 is 52.9 Å². The third-order valence-electron chi connectivity index (χ3n) is 7.10. The van der Waals surface area contributed by atoms with Crippen LogP contribution in [-0.2, 0) is 15.1 Å². The minimum atomic E-state index is -1.34. The number of carboxylic acid groups (broad SMARTS) is 1. The van der Waals surface area contributed by atoms with E-state index in [2.05, 4.69) is 35.6 Å². The second kappa shape index (κ2) is 9.79. The van der Waals surface area contributed by atoms with Crippen molar-refractivity contribution in [2.45, 2.75) is 62.2 Å². The van der Waals surface area contributed by atoms with Crippen LogP contribution in [0.3, 0.4) is 0 Å². The van der Waals surface area contributed by atoms with Crippen molar-refractivity contribution in [1.29, 1.82) is 0 Å². The number of likely N-dealkylation sites (tertiary alicyclic amines) is 1. The van der Waals surface area contributed by atoms with Crippen LogP contribution < -0.4 is 0 Å². The maximum Gasteiger partial charge on any atom is 0.415 e. The number of hydrogen-bond donors (Lipinski definition) is 1. The molecular formula is C24H33BrFN3O4SSi. The molecule has 2 fully saturated rings. The fourth-order valence-corrected chi connectivity index (χ4v) is 7.67. The number of benzene rings is 1. The predicted molar refractivity (Wildman–Crippen MR) is 142 cm³/mol. The van der Waals surface area contributed by atoms with Gasteiger partial charge in [-0.2, -0.15) is 0 Å². The van der Waals surface area contributed by atoms with Crippen LogP contribution >= 0.6 is 27.7 Å². The van der Waals surface area contributed by atoms with Crippen molar-refractivity contribution in [1.82, 2.24) is 9.80 Å². The molecule has 192 valence electrons. The lowest BCUT2D eigenvalue weighted by molar-refractivity contribution is -0.130. The first-order valence-corrected chi connectivity index (χ1v) is 17.3. The molecule has 1 aliphatic carbocycles. The molecule has 2 heterocycles. The van der Waals surface area contributed by atoms with Crippen LogP contribution in [0.2, 0.25) is 25.7 Å². The van der Waals surface area contributed by atoms with Crippen LogP contribution in [0.5, 0.6) is 0 Å². The maximum absolute atomic E-state index is 15.1. The number of amidine groups is 1. The quantitative estimate of drug-likeness (QED) is 0.256. The summed E-state index contributed by atoms with van der Waals surface area (Å²) < 4.78 is 20.7. The third-order valence-corrected chi connectivity index (χ3v) is 10.8. The molecular weight excluding hydrogens is 553 g/mol. The summed E-state index contributed by atoms with van der Waals surface area (Å²) in [5, 5.41) is 10.2. The Bertz CT molecular complexity index is 1050. The summed E-state index contributed by atoms with van der Waals surface area (Å²) in [5.41, 5.74) is -0.730. The molecule has 11 heteroatoms. The number of halogens is 2. The monoisotopic (exact) mass is 585 g/mol. The molecule has 1 saturated carbocycles. The van der Waals surface area contributed by atoms with Gasteiger partial charge in [0.05, 0.1) is 5.54 Å². The van der Waals surface area contributed by atoms with Gasteiger partial charge in [0.15, 0.2) is 5.17 Å². The van der Waals surface area contributed by atoms with Gasteiger partial charge < -0.3 is 14.7 Å². The van der Waals surface area contributed by atoms with Crippen molar-refractivity contribution in [2.24, 2.45) is 10.9 Å². The second-order valence-corrected chi connectivity index (χ2v) is 18.8. The highest BCUT2D eigenvalue weighted by atomic mass is 79.9. The highest BCUT2D eigenvalue weighted by Gasteiger charge is 2.72. The van der Waals surface area contributed by atoms with E-state index in [-0.39, 0.29) is 23.7 Å². The molecule has 7 nitrogen and oxygen atoms in total. The summed E-state index contributed by atoms with van der Waals surface area (Å²) in [5.74, 6) is -0.651. The van der Waals surface area contributed by atoms with Gasteiger partial charge in [0.1, 0.15) is 17.3 Å². The lowest BCUT2D eigenvalue weighted by Crippen LogP contribution is -2.48. The Labute approximate surface area is 219 Å². The molecule has 1 saturated heterocycles. The Morgan fingerprint density at radius 1 is 1.34 bits per heavy atom. The molecule has 0 aromatic heterocycles. The van der Waals surface area contributed by atoms with Crippen LogP contribution in [-0.4, -0.2) is 71.3 Å². The van der Waals surface area contributed by atoms with Gasteiger partial charge >= 0.3 is 6.09 Å². The molecule has 0 spiro atoms. The van der Waals surface area contributed by atoms with Crippen molar-refractivity contribution in [3.05, 3.63) is 34.1 Å². The first kappa shape index (κ1) is 26.6. The van der Waals surface area contributed by atoms with E-state index < -0.39 is 30.3 Å². The third kappa shape index (κ3) is 5.33. The first-order valence-electron chi connectivity index (χ1n) is 12.0. The largest absolute Gasteiger partial charge is 0.465 e. The fraction of sp³-hybridized carbons (Fsp3) is 0.625. The molecule has 2 amide bonds. The molecule has 2 aliphatic heterocycles. The number of carbonyl (C=O) groups is 2. The minimum Gasteiger partial charge on any atom is -0.465 e. The van der Waals surface area contributed by atoms with E-state index in [0.29, 0.717) is 36.2 Å². The lowest BCUT2D eigenvalue weighted by Gasteiger charge is -2.37. The molecule has 0 unspecified atom stereocenters. The number of ether oxygens (including phenoxy) is 1. The molecule has 4 rings (SSSR count). The van der Waals surface area contributed by atoms with Crippen molar-refractivity contribution in [2.75, 3.05) is 26.4 Å². The Hall–Kier alpha value is -1.43. The summed E-state index contributed by atoms with van der Waals surface area (Å²) in [7, 11) is -1.34. The van der Waals surface area contributed by atoms with E-state index in [9.17, 15) is 14.7 Å². The van der Waals surface area contributed by atoms with Crippen molar-refractivity contribution < 1.29 is 23.8 Å². The average Bonchev–Trinajstić information content (AvgIpc) is 3.29. The van der Waals surface area contributed by atoms with E-state index in [4.69, 9.17) is 9.73 Å². The number of hydrogen-bond acceptors (Lipinski definition) is 5. The summed E-state index contributed by atoms with van der Waals surface area (Å²) in [6.07, 6.45) is 1.24. The van der Waals surface area contributed by atoms with E-state index >= 15 is 4.39 Å².